The van der Waals surface area contributed by atoms with Crippen LogP contribution in [0.15, 0.2) is 54.7 Å². The number of nitrogens with one attached hydrogen (secondary N) is 2. The van der Waals surface area contributed by atoms with Crippen molar-refractivity contribution in [2.45, 2.75) is 13.5 Å². The Hall–Kier alpha value is -3.28. The average molecular weight is 350 g/mol. The van der Waals surface area contributed by atoms with E-state index in [0.717, 1.165) is 11.5 Å². The summed E-state index contributed by atoms with van der Waals surface area (Å²) in [6.45, 7) is 2.81. The highest BCUT2D eigenvalue weighted by molar-refractivity contribution is 5.60. The number of aromatic nitrogens is 2. The van der Waals surface area contributed by atoms with Crippen LogP contribution in [0.1, 0.15) is 11.1 Å². The van der Waals surface area contributed by atoms with Crippen LogP contribution >= 0.6 is 0 Å². The van der Waals surface area contributed by atoms with Crippen LogP contribution in [-0.4, -0.2) is 24.2 Å². The van der Waals surface area contributed by atoms with Crippen LogP contribution in [0.5, 0.6) is 11.5 Å². The zero-order valence-corrected chi connectivity index (χ0v) is 15.1. The minimum absolute atomic E-state index is 0.506. The quantitative estimate of drug-likeness (QED) is 0.667. The van der Waals surface area contributed by atoms with Gasteiger partial charge in [-0.25, -0.2) is 4.98 Å². The fourth-order valence-electron chi connectivity index (χ4n) is 2.55. The van der Waals surface area contributed by atoms with Gasteiger partial charge in [0.15, 0.2) is 11.5 Å². The van der Waals surface area contributed by atoms with E-state index in [9.17, 15) is 0 Å². The molecule has 0 saturated heterocycles. The highest BCUT2D eigenvalue weighted by Crippen LogP contribution is 2.30. The maximum atomic E-state index is 5.32. The molecule has 3 aromatic rings. The first kappa shape index (κ1) is 17.5. The van der Waals surface area contributed by atoms with E-state index in [4.69, 9.17) is 9.47 Å². The monoisotopic (exact) mass is 350 g/mol. The Morgan fingerprint density at radius 2 is 1.77 bits per heavy atom. The van der Waals surface area contributed by atoms with E-state index in [0.29, 0.717) is 24.0 Å². The summed E-state index contributed by atoms with van der Waals surface area (Å²) < 4.78 is 10.6. The normalized spacial score (nSPS) is 10.3. The lowest BCUT2D eigenvalue weighted by Gasteiger charge is -2.12. The molecule has 6 nitrogen and oxygen atoms in total. The van der Waals surface area contributed by atoms with Gasteiger partial charge in [-0.1, -0.05) is 24.3 Å². The fourth-order valence-corrected chi connectivity index (χ4v) is 2.55. The molecule has 0 aliphatic carbocycles. The van der Waals surface area contributed by atoms with Crippen LogP contribution in [0.4, 0.5) is 17.5 Å². The van der Waals surface area contributed by atoms with Crippen LogP contribution in [0.2, 0.25) is 0 Å². The van der Waals surface area contributed by atoms with Gasteiger partial charge in [-0.3, -0.25) is 0 Å². The third kappa shape index (κ3) is 4.22. The molecule has 2 N–H and O–H groups in total. The summed E-state index contributed by atoms with van der Waals surface area (Å²) in [5, 5.41) is 6.52. The van der Waals surface area contributed by atoms with E-state index in [1.807, 2.05) is 36.4 Å². The van der Waals surface area contributed by atoms with Gasteiger partial charge in [0.1, 0.15) is 5.82 Å². The molecule has 0 unspecified atom stereocenters. The molecule has 1 heterocycles. The third-order valence-corrected chi connectivity index (χ3v) is 4.02. The van der Waals surface area contributed by atoms with Crippen molar-refractivity contribution in [3.05, 3.63) is 65.9 Å². The zero-order chi connectivity index (χ0) is 18.4. The van der Waals surface area contributed by atoms with E-state index in [1.54, 1.807) is 20.4 Å². The van der Waals surface area contributed by atoms with Gasteiger partial charge in [0.2, 0.25) is 5.95 Å². The SMILES string of the molecule is COc1ccc(Nc2nccc(NCc3ccccc3C)n2)cc1OC. The van der Waals surface area contributed by atoms with Crippen LogP contribution in [0, 0.1) is 6.92 Å². The highest BCUT2D eigenvalue weighted by atomic mass is 16.5. The maximum absolute atomic E-state index is 5.32. The van der Waals surface area contributed by atoms with E-state index in [2.05, 4.69) is 39.7 Å². The topological polar surface area (TPSA) is 68.3 Å². The van der Waals surface area contributed by atoms with E-state index >= 15 is 0 Å². The first-order valence-corrected chi connectivity index (χ1v) is 8.30. The van der Waals surface area contributed by atoms with Crippen LogP contribution < -0.4 is 20.1 Å². The number of rotatable bonds is 7. The smallest absolute Gasteiger partial charge is 0.229 e. The summed E-state index contributed by atoms with van der Waals surface area (Å²) in [7, 11) is 3.21. The van der Waals surface area contributed by atoms with Gasteiger partial charge in [0.25, 0.3) is 0 Å². The molecule has 0 radical (unpaired) electrons. The van der Waals surface area contributed by atoms with Crippen molar-refractivity contribution in [3.63, 3.8) is 0 Å². The van der Waals surface area contributed by atoms with Gasteiger partial charge < -0.3 is 20.1 Å². The Morgan fingerprint density at radius 1 is 0.962 bits per heavy atom. The summed E-state index contributed by atoms with van der Waals surface area (Å²) in [6, 6.07) is 15.7. The van der Waals surface area contributed by atoms with Crippen molar-refractivity contribution in [3.8, 4) is 11.5 Å². The number of hydrogen-bond donors (Lipinski definition) is 2. The Balaban J connectivity index is 1.70. The molecule has 0 aliphatic heterocycles. The van der Waals surface area contributed by atoms with E-state index in [-0.39, 0.29) is 0 Å². The predicted octanol–water partition coefficient (Wildman–Crippen LogP) is 4.16. The Morgan fingerprint density at radius 3 is 2.54 bits per heavy atom. The minimum atomic E-state index is 0.506. The summed E-state index contributed by atoms with van der Waals surface area (Å²) in [4.78, 5) is 8.78. The van der Waals surface area contributed by atoms with Crippen molar-refractivity contribution in [1.29, 1.82) is 0 Å². The second-order valence-electron chi connectivity index (χ2n) is 5.74. The van der Waals surface area contributed by atoms with Crippen molar-refractivity contribution < 1.29 is 9.47 Å². The number of methoxy groups -OCH3 is 2. The second kappa shape index (κ2) is 8.20. The molecule has 2 aromatic carbocycles. The number of aryl methyl sites for hydroxylation is 1. The standard InChI is InChI=1S/C20H22N4O2/c1-14-6-4-5-7-15(14)13-22-19-10-11-21-20(24-19)23-16-8-9-17(25-2)18(12-16)26-3/h4-12H,13H2,1-3H3,(H2,21,22,23,24). The summed E-state index contributed by atoms with van der Waals surface area (Å²) >= 11 is 0. The van der Waals surface area contributed by atoms with Crippen LogP contribution in [0.3, 0.4) is 0 Å². The molecule has 0 amide bonds. The first-order valence-electron chi connectivity index (χ1n) is 8.30. The largest absolute Gasteiger partial charge is 0.493 e. The summed E-state index contributed by atoms with van der Waals surface area (Å²) in [5.74, 6) is 2.58. The maximum Gasteiger partial charge on any atom is 0.229 e. The van der Waals surface area contributed by atoms with Gasteiger partial charge in [0.05, 0.1) is 14.2 Å². The lowest BCUT2D eigenvalue weighted by atomic mass is 10.1. The average Bonchev–Trinajstić information content (AvgIpc) is 2.67. The summed E-state index contributed by atoms with van der Waals surface area (Å²) in [5.41, 5.74) is 3.30. The predicted molar refractivity (Wildman–Crippen MR) is 103 cm³/mol. The van der Waals surface area contributed by atoms with E-state index < -0.39 is 0 Å². The lowest BCUT2D eigenvalue weighted by molar-refractivity contribution is 0.355. The Kier molecular flexibility index (Phi) is 5.53. The molecule has 3 rings (SSSR count). The molecule has 0 spiro atoms. The zero-order valence-electron chi connectivity index (χ0n) is 15.1. The molecule has 0 saturated carbocycles. The third-order valence-electron chi connectivity index (χ3n) is 4.02. The molecule has 0 atom stereocenters. The molecular weight excluding hydrogens is 328 g/mol. The number of anilines is 3. The van der Waals surface area contributed by atoms with Crippen LogP contribution in [0.25, 0.3) is 0 Å². The number of ether oxygens (including phenoxy) is 2. The molecular formula is C20H22N4O2. The van der Waals surface area contributed by atoms with Gasteiger partial charge in [0, 0.05) is 24.5 Å². The van der Waals surface area contributed by atoms with E-state index in [1.165, 1.54) is 11.1 Å². The molecule has 26 heavy (non-hydrogen) atoms. The lowest BCUT2D eigenvalue weighted by Crippen LogP contribution is -2.05. The molecule has 134 valence electrons. The summed E-state index contributed by atoms with van der Waals surface area (Å²) in [6.07, 6.45) is 1.72. The minimum Gasteiger partial charge on any atom is -0.493 e. The molecule has 0 aliphatic rings. The fraction of sp³-hybridized carbons (Fsp3) is 0.200. The highest BCUT2D eigenvalue weighted by Gasteiger charge is 2.06. The van der Waals surface area contributed by atoms with Gasteiger partial charge >= 0.3 is 0 Å². The van der Waals surface area contributed by atoms with Crippen molar-refractivity contribution in [1.82, 2.24) is 9.97 Å². The second-order valence-corrected chi connectivity index (χ2v) is 5.74. The van der Waals surface area contributed by atoms with Crippen molar-refractivity contribution in [2.75, 3.05) is 24.9 Å². The van der Waals surface area contributed by atoms with Gasteiger partial charge in [-0.15, -0.1) is 0 Å². The molecule has 0 bridgehead atoms. The molecule has 6 heteroatoms. The van der Waals surface area contributed by atoms with Crippen LogP contribution in [-0.2, 0) is 6.54 Å². The van der Waals surface area contributed by atoms with Crippen molar-refractivity contribution >= 4 is 17.5 Å². The molecule has 1 aromatic heterocycles. The van der Waals surface area contributed by atoms with Gasteiger partial charge in [-0.05, 0) is 36.2 Å². The number of nitrogens with zero attached hydrogens (tertiary/aromatic N) is 2. The number of benzene rings is 2. The first-order chi connectivity index (χ1) is 12.7. The van der Waals surface area contributed by atoms with Gasteiger partial charge in [-0.2, -0.15) is 4.98 Å². The van der Waals surface area contributed by atoms with Crippen molar-refractivity contribution in [2.24, 2.45) is 0 Å². The Labute approximate surface area is 153 Å². The number of hydrogen-bond acceptors (Lipinski definition) is 6. The molecule has 0 fully saturated rings. The Bertz CT molecular complexity index is 883.